The summed E-state index contributed by atoms with van der Waals surface area (Å²) >= 11 is 0. The summed E-state index contributed by atoms with van der Waals surface area (Å²) in [5, 5.41) is 9.10. The van der Waals surface area contributed by atoms with Gasteiger partial charge in [0.25, 0.3) is 0 Å². The lowest BCUT2D eigenvalue weighted by molar-refractivity contribution is 0.0698. The Kier molecular flexibility index (Phi) is 3.64. The molecule has 2 rings (SSSR count). The fraction of sp³-hybridized carbons (Fsp3) is 0.571. The fourth-order valence-electron chi connectivity index (χ4n) is 2.77. The Labute approximate surface area is 113 Å². The maximum atomic E-state index is 11.1. The van der Waals surface area contributed by atoms with Crippen molar-refractivity contribution in [1.82, 2.24) is 4.98 Å². The average Bonchev–Trinajstić information content (AvgIpc) is 2.84. The van der Waals surface area contributed by atoms with E-state index in [0.717, 1.165) is 38.2 Å². The molecule has 5 heteroatoms. The first kappa shape index (κ1) is 13.6. The maximum absolute atomic E-state index is 11.1. The molecule has 0 bridgehead atoms. The number of aromatic nitrogens is 1. The molecule has 2 heterocycles. The smallest absolute Gasteiger partial charge is 0.337 e. The number of hydrogen-bond acceptors (Lipinski definition) is 4. The molecule has 1 fully saturated rings. The van der Waals surface area contributed by atoms with Gasteiger partial charge >= 0.3 is 5.97 Å². The molecule has 1 saturated heterocycles. The highest BCUT2D eigenvalue weighted by molar-refractivity contribution is 5.94. The lowest BCUT2D eigenvalue weighted by atomic mass is 9.82. The highest BCUT2D eigenvalue weighted by atomic mass is 16.4. The molecule has 1 aliphatic rings. The second kappa shape index (κ2) is 5.07. The summed E-state index contributed by atoms with van der Waals surface area (Å²) in [5.41, 5.74) is 6.32. The van der Waals surface area contributed by atoms with E-state index in [1.54, 1.807) is 6.07 Å². The van der Waals surface area contributed by atoms with Gasteiger partial charge in [-0.3, -0.25) is 0 Å². The molecule has 3 N–H and O–H groups in total. The molecule has 0 atom stereocenters. The van der Waals surface area contributed by atoms with E-state index in [2.05, 4.69) is 23.7 Å². The van der Waals surface area contributed by atoms with E-state index in [9.17, 15) is 4.79 Å². The van der Waals surface area contributed by atoms with Gasteiger partial charge in [0.15, 0.2) is 0 Å². The highest BCUT2D eigenvalue weighted by Crippen LogP contribution is 2.38. The van der Waals surface area contributed by atoms with Crippen LogP contribution in [-0.4, -0.2) is 29.1 Å². The molecule has 0 radical (unpaired) electrons. The van der Waals surface area contributed by atoms with E-state index in [4.69, 9.17) is 10.8 Å². The van der Waals surface area contributed by atoms with Crippen LogP contribution in [0.25, 0.3) is 0 Å². The van der Waals surface area contributed by atoms with Crippen molar-refractivity contribution in [2.24, 2.45) is 5.41 Å². The second-order valence-electron chi connectivity index (χ2n) is 5.31. The summed E-state index contributed by atoms with van der Waals surface area (Å²) in [5.74, 6) is -0.284. The number of carbonyl (C=O) groups is 1. The van der Waals surface area contributed by atoms with Gasteiger partial charge in [-0.15, -0.1) is 0 Å². The Morgan fingerprint density at radius 2 is 2.21 bits per heavy atom. The van der Waals surface area contributed by atoms with E-state index < -0.39 is 5.97 Å². The predicted octanol–water partition coefficient (Wildman–Crippen LogP) is 2.38. The molecule has 1 aliphatic heterocycles. The molecular formula is C14H21N3O2. The Morgan fingerprint density at radius 3 is 2.74 bits per heavy atom. The molecule has 0 spiro atoms. The number of nitrogens with zero attached hydrogens (tertiary/aromatic N) is 2. The largest absolute Gasteiger partial charge is 0.478 e. The van der Waals surface area contributed by atoms with Crippen LogP contribution in [0.2, 0.25) is 0 Å². The normalized spacial score (nSPS) is 17.7. The number of nitrogens with two attached hydrogens (primary N) is 1. The van der Waals surface area contributed by atoms with Gasteiger partial charge in [0.05, 0.1) is 17.4 Å². The highest BCUT2D eigenvalue weighted by Gasteiger charge is 2.35. The molecule has 0 aromatic carbocycles. The number of carboxylic acids is 1. The summed E-state index contributed by atoms with van der Waals surface area (Å²) in [6.07, 6.45) is 4.85. The molecule has 1 aromatic heterocycles. The quantitative estimate of drug-likeness (QED) is 0.871. The summed E-state index contributed by atoms with van der Waals surface area (Å²) in [4.78, 5) is 17.5. The zero-order chi connectivity index (χ0) is 14.0. The summed E-state index contributed by atoms with van der Waals surface area (Å²) in [7, 11) is 0. The molecule has 19 heavy (non-hydrogen) atoms. The van der Waals surface area contributed by atoms with Crippen LogP contribution in [0.4, 0.5) is 11.5 Å². The lowest BCUT2D eigenvalue weighted by Crippen LogP contribution is -2.27. The predicted molar refractivity (Wildman–Crippen MR) is 75.5 cm³/mol. The number of hydrogen-bond donors (Lipinski definition) is 2. The number of aromatic carboxylic acids is 1. The minimum Gasteiger partial charge on any atom is -0.478 e. The first-order chi connectivity index (χ1) is 9.01. The van der Waals surface area contributed by atoms with Crippen LogP contribution in [0, 0.1) is 5.41 Å². The number of anilines is 2. The van der Waals surface area contributed by atoms with Gasteiger partial charge < -0.3 is 15.7 Å². The third-order valence-corrected chi connectivity index (χ3v) is 4.41. The Balaban J connectivity index is 2.25. The number of nitrogen functional groups attached to an aromatic ring is 1. The molecule has 0 saturated carbocycles. The van der Waals surface area contributed by atoms with Crippen molar-refractivity contribution in [3.8, 4) is 0 Å². The number of rotatable bonds is 4. The van der Waals surface area contributed by atoms with Crippen LogP contribution in [-0.2, 0) is 0 Å². The van der Waals surface area contributed by atoms with Gasteiger partial charge in [-0.25, -0.2) is 9.78 Å². The minimum absolute atomic E-state index is 0.135. The van der Waals surface area contributed by atoms with Crippen LogP contribution in [0.15, 0.2) is 12.3 Å². The Bertz CT molecular complexity index is 484. The van der Waals surface area contributed by atoms with E-state index in [-0.39, 0.29) is 11.3 Å². The molecule has 0 unspecified atom stereocenters. The van der Waals surface area contributed by atoms with Crippen molar-refractivity contribution in [3.05, 3.63) is 17.8 Å². The summed E-state index contributed by atoms with van der Waals surface area (Å²) in [6, 6.07) is 1.58. The van der Waals surface area contributed by atoms with Crippen LogP contribution in [0.5, 0.6) is 0 Å². The van der Waals surface area contributed by atoms with Crippen molar-refractivity contribution >= 4 is 17.5 Å². The van der Waals surface area contributed by atoms with Crippen molar-refractivity contribution in [1.29, 1.82) is 0 Å². The Morgan fingerprint density at radius 1 is 1.53 bits per heavy atom. The molecule has 0 amide bonds. The lowest BCUT2D eigenvalue weighted by Gasteiger charge is -2.26. The summed E-state index contributed by atoms with van der Waals surface area (Å²) < 4.78 is 0. The van der Waals surface area contributed by atoms with E-state index in [0.29, 0.717) is 5.41 Å². The van der Waals surface area contributed by atoms with Gasteiger partial charge in [-0.2, -0.15) is 0 Å². The van der Waals surface area contributed by atoms with Gasteiger partial charge in [-0.1, -0.05) is 13.8 Å². The SMILES string of the molecule is CCC1(CC)CCN(c2cc(C(=O)O)c(N)cn2)C1. The topological polar surface area (TPSA) is 79.5 Å². The first-order valence-corrected chi connectivity index (χ1v) is 6.75. The third-order valence-electron chi connectivity index (χ3n) is 4.41. The molecular weight excluding hydrogens is 242 g/mol. The van der Waals surface area contributed by atoms with E-state index in [1.807, 2.05) is 0 Å². The second-order valence-corrected chi connectivity index (χ2v) is 5.31. The van der Waals surface area contributed by atoms with E-state index in [1.165, 1.54) is 6.20 Å². The number of pyridine rings is 1. The first-order valence-electron chi connectivity index (χ1n) is 6.75. The van der Waals surface area contributed by atoms with Gasteiger partial charge in [-0.05, 0) is 30.7 Å². The van der Waals surface area contributed by atoms with Crippen molar-refractivity contribution in [2.75, 3.05) is 23.7 Å². The van der Waals surface area contributed by atoms with Gasteiger partial charge in [0.2, 0.25) is 0 Å². The van der Waals surface area contributed by atoms with Crippen LogP contribution >= 0.6 is 0 Å². The number of carboxylic acid groups (broad SMARTS) is 1. The zero-order valence-electron chi connectivity index (χ0n) is 11.5. The molecule has 104 valence electrons. The Hall–Kier alpha value is -1.78. The van der Waals surface area contributed by atoms with E-state index >= 15 is 0 Å². The van der Waals surface area contributed by atoms with Crippen molar-refractivity contribution < 1.29 is 9.90 Å². The van der Waals surface area contributed by atoms with Crippen molar-refractivity contribution in [3.63, 3.8) is 0 Å². The summed E-state index contributed by atoms with van der Waals surface area (Å²) in [6.45, 7) is 6.30. The fourth-order valence-corrected chi connectivity index (χ4v) is 2.77. The average molecular weight is 263 g/mol. The molecule has 5 nitrogen and oxygen atoms in total. The maximum Gasteiger partial charge on any atom is 0.337 e. The molecule has 1 aromatic rings. The zero-order valence-corrected chi connectivity index (χ0v) is 11.5. The van der Waals surface area contributed by atoms with Gasteiger partial charge in [0, 0.05) is 13.1 Å². The van der Waals surface area contributed by atoms with Gasteiger partial charge in [0.1, 0.15) is 5.82 Å². The van der Waals surface area contributed by atoms with Crippen LogP contribution < -0.4 is 10.6 Å². The van der Waals surface area contributed by atoms with Crippen LogP contribution in [0.3, 0.4) is 0 Å². The molecule has 0 aliphatic carbocycles. The third kappa shape index (κ3) is 2.50. The monoisotopic (exact) mass is 263 g/mol. The standard InChI is InChI=1S/C14H21N3O2/c1-3-14(4-2)5-6-17(9-14)12-7-10(13(18)19)11(15)8-16-12/h7-8H,3-6,9,15H2,1-2H3,(H,18,19). The minimum atomic E-state index is -1.00. The van der Waals surface area contributed by atoms with Crippen molar-refractivity contribution in [2.45, 2.75) is 33.1 Å². The van der Waals surface area contributed by atoms with Crippen LogP contribution in [0.1, 0.15) is 43.5 Å².